The minimum atomic E-state index is 0.863. The van der Waals surface area contributed by atoms with Crippen LogP contribution in [0, 0.1) is 0 Å². The van der Waals surface area contributed by atoms with E-state index in [1.807, 2.05) is 6.08 Å². The molecule has 3 aromatic rings. The number of hydrogen-bond acceptors (Lipinski definition) is 1. The summed E-state index contributed by atoms with van der Waals surface area (Å²) in [6, 6.07) is 30.0. The minimum absolute atomic E-state index is 0.863. The van der Waals surface area contributed by atoms with Crippen LogP contribution in [0.3, 0.4) is 0 Å². The second-order valence-electron chi connectivity index (χ2n) is 8.94. The fourth-order valence-corrected chi connectivity index (χ4v) is 4.73. The molecule has 172 valence electrons. The summed E-state index contributed by atoms with van der Waals surface area (Å²) in [6.45, 7) is 4.19. The van der Waals surface area contributed by atoms with E-state index in [0.717, 1.165) is 37.1 Å². The summed E-state index contributed by atoms with van der Waals surface area (Å²) in [5.41, 5.74) is 10.0. The van der Waals surface area contributed by atoms with E-state index >= 15 is 0 Å². The zero-order chi connectivity index (χ0) is 23.9. The minimum Gasteiger partial charge on any atom is -0.314 e. The molecule has 0 fully saturated rings. The van der Waals surface area contributed by atoms with Gasteiger partial charge in [-0.25, -0.2) is 0 Å². The molecule has 0 N–H and O–H groups in total. The molecule has 0 aromatic heterocycles. The molecule has 0 heterocycles. The molecule has 0 unspecified atom stereocenters. The molecule has 1 nitrogen and oxygen atoms in total. The molecule has 0 saturated heterocycles. The maximum atomic E-state index is 4.19. The molecular formula is C34H31N. The summed E-state index contributed by atoms with van der Waals surface area (Å²) in [5.74, 6) is 0. The monoisotopic (exact) mass is 453 g/mol. The Bertz CT molecular complexity index is 1320. The van der Waals surface area contributed by atoms with E-state index in [-0.39, 0.29) is 0 Å². The van der Waals surface area contributed by atoms with Crippen LogP contribution in [0.4, 0.5) is 5.69 Å². The molecule has 35 heavy (non-hydrogen) atoms. The molecular weight excluding hydrogens is 422 g/mol. The van der Waals surface area contributed by atoms with Crippen LogP contribution in [-0.2, 0) is 6.42 Å². The van der Waals surface area contributed by atoms with Crippen molar-refractivity contribution in [2.45, 2.75) is 25.7 Å². The normalized spacial score (nSPS) is 15.3. The zero-order valence-electron chi connectivity index (χ0n) is 20.1. The van der Waals surface area contributed by atoms with Gasteiger partial charge in [0.1, 0.15) is 0 Å². The molecule has 0 atom stereocenters. The summed E-state index contributed by atoms with van der Waals surface area (Å²) < 4.78 is 0. The van der Waals surface area contributed by atoms with Gasteiger partial charge in [0.2, 0.25) is 0 Å². The smallest absolute Gasteiger partial charge is 0.0458 e. The lowest BCUT2D eigenvalue weighted by molar-refractivity contribution is 0.990. The Kier molecular flexibility index (Phi) is 7.05. The topological polar surface area (TPSA) is 3.24 Å². The van der Waals surface area contributed by atoms with Crippen molar-refractivity contribution in [3.8, 4) is 11.1 Å². The highest BCUT2D eigenvalue weighted by atomic mass is 15.2. The van der Waals surface area contributed by atoms with E-state index in [2.05, 4.69) is 133 Å². The van der Waals surface area contributed by atoms with E-state index in [1.54, 1.807) is 0 Å². The Hall–Kier alpha value is -4.10. The highest BCUT2D eigenvalue weighted by Crippen LogP contribution is 2.36. The van der Waals surface area contributed by atoms with Crippen molar-refractivity contribution in [1.29, 1.82) is 0 Å². The summed E-state index contributed by atoms with van der Waals surface area (Å²) in [6.07, 6.45) is 19.8. The third kappa shape index (κ3) is 5.36. The maximum Gasteiger partial charge on any atom is 0.0458 e. The molecule has 0 amide bonds. The SMILES string of the molecule is C=C/C(=C\Cc1ccccc1)N(C1=CC=C(C2=CCCC=C2)C1)c1ccc(-c2ccccc2)cc1. The van der Waals surface area contributed by atoms with Gasteiger partial charge in [0.25, 0.3) is 0 Å². The van der Waals surface area contributed by atoms with Crippen LogP contribution in [0.2, 0.25) is 0 Å². The lowest BCUT2D eigenvalue weighted by Gasteiger charge is -2.28. The average Bonchev–Trinajstić information content (AvgIpc) is 3.42. The van der Waals surface area contributed by atoms with Crippen molar-refractivity contribution in [2.75, 3.05) is 4.90 Å². The number of nitrogens with zero attached hydrogens (tertiary/aromatic N) is 1. The second-order valence-corrected chi connectivity index (χ2v) is 8.94. The van der Waals surface area contributed by atoms with Crippen LogP contribution in [0.15, 0.2) is 157 Å². The quantitative estimate of drug-likeness (QED) is 0.308. The van der Waals surface area contributed by atoms with Gasteiger partial charge in [-0.2, -0.15) is 0 Å². The molecule has 2 aliphatic rings. The Labute approximate surface area is 209 Å². The summed E-state index contributed by atoms with van der Waals surface area (Å²) in [5, 5.41) is 0. The number of allylic oxidation sites excluding steroid dienone is 9. The van der Waals surface area contributed by atoms with E-state index < -0.39 is 0 Å². The second kappa shape index (κ2) is 10.9. The van der Waals surface area contributed by atoms with Crippen LogP contribution in [0.25, 0.3) is 11.1 Å². The Morgan fingerprint density at radius 3 is 2.20 bits per heavy atom. The molecule has 2 aliphatic carbocycles. The van der Waals surface area contributed by atoms with Gasteiger partial charge in [-0.1, -0.05) is 110 Å². The molecule has 0 saturated carbocycles. The van der Waals surface area contributed by atoms with Gasteiger partial charge in [0.05, 0.1) is 0 Å². The van der Waals surface area contributed by atoms with Crippen molar-refractivity contribution < 1.29 is 0 Å². The molecule has 0 radical (unpaired) electrons. The van der Waals surface area contributed by atoms with Crippen molar-refractivity contribution in [3.05, 3.63) is 162 Å². The van der Waals surface area contributed by atoms with Crippen LogP contribution in [-0.4, -0.2) is 0 Å². The Balaban J connectivity index is 1.46. The molecule has 0 spiro atoms. The number of rotatable bonds is 8. The summed E-state index contributed by atoms with van der Waals surface area (Å²) in [4.78, 5) is 2.36. The van der Waals surface area contributed by atoms with E-state index in [0.29, 0.717) is 0 Å². The van der Waals surface area contributed by atoms with Gasteiger partial charge in [-0.05, 0) is 71.4 Å². The first kappa shape index (κ1) is 22.7. The van der Waals surface area contributed by atoms with Gasteiger partial charge in [-0.3, -0.25) is 0 Å². The zero-order valence-corrected chi connectivity index (χ0v) is 20.1. The van der Waals surface area contributed by atoms with Crippen molar-refractivity contribution in [1.82, 2.24) is 0 Å². The predicted molar refractivity (Wildman–Crippen MR) is 150 cm³/mol. The third-order valence-corrected chi connectivity index (χ3v) is 6.59. The van der Waals surface area contributed by atoms with Gasteiger partial charge in [-0.15, -0.1) is 0 Å². The van der Waals surface area contributed by atoms with Gasteiger partial charge < -0.3 is 4.90 Å². The Morgan fingerprint density at radius 2 is 1.51 bits per heavy atom. The van der Waals surface area contributed by atoms with Crippen LogP contribution in [0.5, 0.6) is 0 Å². The van der Waals surface area contributed by atoms with Crippen LogP contribution in [0.1, 0.15) is 24.8 Å². The Morgan fingerprint density at radius 1 is 0.800 bits per heavy atom. The third-order valence-electron chi connectivity index (χ3n) is 6.59. The first-order valence-electron chi connectivity index (χ1n) is 12.4. The fourth-order valence-electron chi connectivity index (χ4n) is 4.73. The number of anilines is 1. The van der Waals surface area contributed by atoms with Crippen molar-refractivity contribution in [2.24, 2.45) is 0 Å². The van der Waals surface area contributed by atoms with Crippen LogP contribution < -0.4 is 4.90 Å². The van der Waals surface area contributed by atoms with Gasteiger partial charge in [0, 0.05) is 23.5 Å². The van der Waals surface area contributed by atoms with Gasteiger partial charge >= 0.3 is 0 Å². The number of hydrogen-bond donors (Lipinski definition) is 0. The highest BCUT2D eigenvalue weighted by molar-refractivity contribution is 5.70. The predicted octanol–water partition coefficient (Wildman–Crippen LogP) is 8.96. The lowest BCUT2D eigenvalue weighted by Crippen LogP contribution is -2.20. The molecule has 0 aliphatic heterocycles. The van der Waals surface area contributed by atoms with Crippen LogP contribution >= 0.6 is 0 Å². The van der Waals surface area contributed by atoms with Crippen molar-refractivity contribution >= 4 is 5.69 Å². The van der Waals surface area contributed by atoms with E-state index in [4.69, 9.17) is 0 Å². The van der Waals surface area contributed by atoms with Gasteiger partial charge in [0.15, 0.2) is 0 Å². The van der Waals surface area contributed by atoms with Crippen molar-refractivity contribution in [3.63, 3.8) is 0 Å². The maximum absolute atomic E-state index is 4.19. The number of benzene rings is 3. The van der Waals surface area contributed by atoms with E-state index in [9.17, 15) is 0 Å². The first-order chi connectivity index (χ1) is 17.3. The molecule has 3 aromatic carbocycles. The lowest BCUT2D eigenvalue weighted by atomic mass is 9.98. The highest BCUT2D eigenvalue weighted by Gasteiger charge is 2.21. The average molecular weight is 454 g/mol. The summed E-state index contributed by atoms with van der Waals surface area (Å²) in [7, 11) is 0. The standard InChI is InChI=1S/C34H31N/c1-2-32(22-18-27-12-6-3-7-13-27)35(34-25-21-31(26-34)29-16-10-5-11-17-29)33-23-19-30(20-24-33)28-14-8-4-9-15-28/h2-4,6-10,12-17,19-25H,1,5,11,18,26H2/b32-22+. The first-order valence-corrected chi connectivity index (χ1v) is 12.4. The molecule has 0 bridgehead atoms. The summed E-state index contributed by atoms with van der Waals surface area (Å²) >= 11 is 0. The largest absolute Gasteiger partial charge is 0.314 e. The molecule has 5 rings (SSSR count). The molecule has 1 heteroatoms. The fraction of sp³-hybridized carbons (Fsp3) is 0.118. The van der Waals surface area contributed by atoms with E-state index in [1.165, 1.54) is 33.5 Å².